The van der Waals surface area contributed by atoms with Crippen LogP contribution >= 0.6 is 22.9 Å². The summed E-state index contributed by atoms with van der Waals surface area (Å²) in [6.07, 6.45) is 0. The third kappa shape index (κ3) is 2.95. The SMILES string of the molecule is Cc1csc(C(=O)O)c1S(=O)(=O)Nc1ccc(Cl)cc1. The summed E-state index contributed by atoms with van der Waals surface area (Å²) in [5.41, 5.74) is 0.713. The van der Waals surface area contributed by atoms with Crippen LogP contribution in [0, 0.1) is 6.92 Å². The van der Waals surface area contributed by atoms with Crippen LogP contribution in [0.2, 0.25) is 5.02 Å². The monoisotopic (exact) mass is 331 g/mol. The van der Waals surface area contributed by atoms with Crippen LogP contribution in [0.25, 0.3) is 0 Å². The highest BCUT2D eigenvalue weighted by molar-refractivity contribution is 7.93. The molecular weight excluding hydrogens is 322 g/mol. The topological polar surface area (TPSA) is 83.5 Å². The van der Waals surface area contributed by atoms with Gasteiger partial charge in [-0.25, -0.2) is 13.2 Å². The van der Waals surface area contributed by atoms with Crippen molar-refractivity contribution in [3.05, 3.63) is 45.1 Å². The van der Waals surface area contributed by atoms with E-state index in [-0.39, 0.29) is 9.77 Å². The van der Waals surface area contributed by atoms with E-state index in [4.69, 9.17) is 16.7 Å². The number of nitrogens with one attached hydrogen (secondary N) is 1. The molecule has 2 rings (SSSR count). The fraction of sp³-hybridized carbons (Fsp3) is 0.0833. The van der Waals surface area contributed by atoms with Crippen molar-refractivity contribution < 1.29 is 18.3 Å². The summed E-state index contributed by atoms with van der Waals surface area (Å²) in [7, 11) is -3.95. The van der Waals surface area contributed by atoms with Gasteiger partial charge in [-0.05, 0) is 42.1 Å². The molecule has 8 heteroatoms. The number of carbonyl (C=O) groups is 1. The molecule has 0 aliphatic rings. The molecule has 0 saturated heterocycles. The highest BCUT2D eigenvalue weighted by Gasteiger charge is 2.26. The van der Waals surface area contributed by atoms with Gasteiger partial charge in [0.25, 0.3) is 10.0 Å². The molecule has 0 fully saturated rings. The van der Waals surface area contributed by atoms with Gasteiger partial charge in [-0.15, -0.1) is 11.3 Å². The maximum Gasteiger partial charge on any atom is 0.347 e. The van der Waals surface area contributed by atoms with Gasteiger partial charge in [0, 0.05) is 10.7 Å². The van der Waals surface area contributed by atoms with E-state index in [1.165, 1.54) is 29.6 Å². The van der Waals surface area contributed by atoms with Gasteiger partial charge in [-0.3, -0.25) is 4.72 Å². The highest BCUT2D eigenvalue weighted by atomic mass is 35.5. The number of benzene rings is 1. The molecule has 0 amide bonds. The summed E-state index contributed by atoms with van der Waals surface area (Å²) in [6, 6.07) is 6.08. The van der Waals surface area contributed by atoms with Crippen LogP contribution in [0.3, 0.4) is 0 Å². The molecule has 2 N–H and O–H groups in total. The van der Waals surface area contributed by atoms with Gasteiger partial charge in [0.1, 0.15) is 9.77 Å². The molecule has 0 radical (unpaired) electrons. The number of hydrogen-bond donors (Lipinski definition) is 2. The molecule has 2 aromatic rings. The number of anilines is 1. The van der Waals surface area contributed by atoms with Crippen LogP contribution < -0.4 is 4.72 Å². The first-order chi connectivity index (χ1) is 9.31. The van der Waals surface area contributed by atoms with Crippen molar-refractivity contribution in [2.45, 2.75) is 11.8 Å². The quantitative estimate of drug-likeness (QED) is 0.901. The Kier molecular flexibility index (Phi) is 4.03. The molecule has 0 bridgehead atoms. The number of aryl methyl sites for hydroxylation is 1. The summed E-state index contributed by atoms with van der Waals surface area (Å²) in [5.74, 6) is -1.26. The fourth-order valence-corrected chi connectivity index (χ4v) is 4.46. The first-order valence-corrected chi connectivity index (χ1v) is 8.15. The lowest BCUT2D eigenvalue weighted by atomic mass is 10.3. The lowest BCUT2D eigenvalue weighted by Crippen LogP contribution is -2.16. The number of halogens is 1. The zero-order valence-electron chi connectivity index (χ0n) is 10.3. The molecule has 0 unspecified atom stereocenters. The zero-order valence-corrected chi connectivity index (χ0v) is 12.6. The smallest absolute Gasteiger partial charge is 0.347 e. The average molecular weight is 332 g/mol. The van der Waals surface area contributed by atoms with E-state index in [0.29, 0.717) is 16.3 Å². The molecule has 0 atom stereocenters. The van der Waals surface area contributed by atoms with Crippen molar-refractivity contribution in [2.24, 2.45) is 0 Å². The fourth-order valence-electron chi connectivity index (χ4n) is 1.64. The minimum Gasteiger partial charge on any atom is -0.477 e. The number of hydrogen-bond acceptors (Lipinski definition) is 4. The van der Waals surface area contributed by atoms with Crippen LogP contribution in [0.15, 0.2) is 34.5 Å². The number of thiophene rings is 1. The number of aromatic carboxylic acids is 1. The van der Waals surface area contributed by atoms with Gasteiger partial charge >= 0.3 is 5.97 Å². The molecule has 0 aliphatic carbocycles. The summed E-state index contributed by atoms with van der Waals surface area (Å²) in [4.78, 5) is 10.7. The van der Waals surface area contributed by atoms with Crippen LogP contribution in [-0.2, 0) is 10.0 Å². The van der Waals surface area contributed by atoms with Gasteiger partial charge < -0.3 is 5.11 Å². The lowest BCUT2D eigenvalue weighted by Gasteiger charge is -2.09. The van der Waals surface area contributed by atoms with Crippen LogP contribution in [0.5, 0.6) is 0 Å². The largest absolute Gasteiger partial charge is 0.477 e. The molecule has 106 valence electrons. The number of rotatable bonds is 4. The third-order valence-corrected chi connectivity index (χ3v) is 5.51. The average Bonchev–Trinajstić information content (AvgIpc) is 2.75. The molecule has 20 heavy (non-hydrogen) atoms. The van der Waals surface area contributed by atoms with Crippen LogP contribution in [0.4, 0.5) is 5.69 Å². The molecule has 0 aliphatic heterocycles. The normalized spacial score (nSPS) is 11.3. The van der Waals surface area contributed by atoms with E-state index in [0.717, 1.165) is 11.3 Å². The first kappa shape index (κ1) is 14.8. The maximum absolute atomic E-state index is 12.3. The molecule has 1 heterocycles. The van der Waals surface area contributed by atoms with Crippen molar-refractivity contribution in [3.63, 3.8) is 0 Å². The second-order valence-electron chi connectivity index (χ2n) is 3.99. The summed E-state index contributed by atoms with van der Waals surface area (Å²) < 4.78 is 26.9. The molecule has 5 nitrogen and oxygen atoms in total. The van der Waals surface area contributed by atoms with Crippen molar-refractivity contribution in [3.8, 4) is 0 Å². The second kappa shape index (κ2) is 5.43. The van der Waals surface area contributed by atoms with E-state index in [1.807, 2.05) is 0 Å². The Bertz CT molecular complexity index is 750. The molecule has 1 aromatic heterocycles. The summed E-state index contributed by atoms with van der Waals surface area (Å²) >= 11 is 6.61. The van der Waals surface area contributed by atoms with E-state index in [2.05, 4.69) is 4.72 Å². The second-order valence-corrected chi connectivity index (χ2v) is 6.93. The molecule has 1 aromatic carbocycles. The summed E-state index contributed by atoms with van der Waals surface area (Å²) in [6.45, 7) is 1.55. The standard InChI is InChI=1S/C12H10ClNO4S2/c1-7-6-19-10(12(15)16)11(7)20(17,18)14-9-4-2-8(13)3-5-9/h2-6,14H,1H3,(H,15,16). The van der Waals surface area contributed by atoms with Gasteiger partial charge in [-0.2, -0.15) is 0 Å². The van der Waals surface area contributed by atoms with E-state index in [1.54, 1.807) is 6.92 Å². The van der Waals surface area contributed by atoms with E-state index >= 15 is 0 Å². The Labute approximate surface area is 124 Å². The predicted molar refractivity (Wildman–Crippen MR) is 78.3 cm³/mol. The number of carboxylic acids is 1. The zero-order chi connectivity index (χ0) is 14.9. The van der Waals surface area contributed by atoms with Crippen molar-refractivity contribution >= 4 is 44.6 Å². The van der Waals surface area contributed by atoms with Crippen molar-refractivity contribution in [1.29, 1.82) is 0 Å². The van der Waals surface area contributed by atoms with Crippen molar-refractivity contribution in [2.75, 3.05) is 4.72 Å². The maximum atomic E-state index is 12.3. The number of carboxylic acid groups (broad SMARTS) is 1. The Morgan fingerprint density at radius 3 is 2.45 bits per heavy atom. The van der Waals surface area contributed by atoms with E-state index in [9.17, 15) is 13.2 Å². The molecule has 0 saturated carbocycles. The minimum atomic E-state index is -3.95. The minimum absolute atomic E-state index is 0.204. The van der Waals surface area contributed by atoms with Crippen LogP contribution in [-0.4, -0.2) is 19.5 Å². The Hall–Kier alpha value is -1.57. The van der Waals surface area contributed by atoms with Gasteiger partial charge in [0.2, 0.25) is 0 Å². The Morgan fingerprint density at radius 2 is 1.90 bits per heavy atom. The van der Waals surface area contributed by atoms with Crippen LogP contribution in [0.1, 0.15) is 15.2 Å². The lowest BCUT2D eigenvalue weighted by molar-refractivity contribution is 0.0698. The predicted octanol–water partition coefficient (Wildman–Crippen LogP) is 3.21. The van der Waals surface area contributed by atoms with Crippen molar-refractivity contribution in [1.82, 2.24) is 0 Å². The van der Waals surface area contributed by atoms with Gasteiger partial charge in [0.15, 0.2) is 0 Å². The third-order valence-electron chi connectivity index (χ3n) is 2.48. The summed E-state index contributed by atoms with van der Waals surface area (Å²) in [5, 5.41) is 11.0. The first-order valence-electron chi connectivity index (χ1n) is 5.41. The van der Waals surface area contributed by atoms with Gasteiger partial charge in [-0.1, -0.05) is 11.6 Å². The molecule has 0 spiro atoms. The Morgan fingerprint density at radius 1 is 1.30 bits per heavy atom. The van der Waals surface area contributed by atoms with E-state index < -0.39 is 16.0 Å². The molecular formula is C12H10ClNO4S2. The highest BCUT2D eigenvalue weighted by Crippen LogP contribution is 2.28. The number of sulfonamides is 1. The Balaban J connectivity index is 2.43. The van der Waals surface area contributed by atoms with Gasteiger partial charge in [0.05, 0.1) is 0 Å².